The second-order valence-electron chi connectivity index (χ2n) is 6.37. The second-order valence-corrected chi connectivity index (χ2v) is 7.30. The Balaban J connectivity index is 1.53. The van der Waals surface area contributed by atoms with Crippen LogP contribution in [0.15, 0.2) is 94.6 Å². The van der Waals surface area contributed by atoms with Crippen LogP contribution in [-0.2, 0) is 5.75 Å². The van der Waals surface area contributed by atoms with Crippen LogP contribution in [0.1, 0.15) is 28.5 Å². The van der Waals surface area contributed by atoms with Gasteiger partial charge in [-0.2, -0.15) is 0 Å². The molecule has 4 aromatic rings. The highest BCUT2D eigenvalue weighted by Crippen LogP contribution is 2.33. The maximum Gasteiger partial charge on any atom is 0.276 e. The first kappa shape index (κ1) is 18.9. The van der Waals surface area contributed by atoms with E-state index < -0.39 is 4.92 Å². The summed E-state index contributed by atoms with van der Waals surface area (Å²) < 4.78 is 5.97. The summed E-state index contributed by atoms with van der Waals surface area (Å²) >= 11 is 1.41. The third kappa shape index (κ3) is 4.52. The first-order valence-electron chi connectivity index (χ1n) is 9.00. The van der Waals surface area contributed by atoms with Crippen molar-refractivity contribution in [2.24, 2.45) is 0 Å². The van der Waals surface area contributed by atoms with E-state index >= 15 is 0 Å². The second kappa shape index (κ2) is 8.70. The lowest BCUT2D eigenvalue weighted by Crippen LogP contribution is -2.03. The summed E-state index contributed by atoms with van der Waals surface area (Å²) in [4.78, 5) is 10.4. The van der Waals surface area contributed by atoms with E-state index in [2.05, 4.69) is 10.2 Å². The zero-order valence-corrected chi connectivity index (χ0v) is 16.2. The van der Waals surface area contributed by atoms with Gasteiger partial charge in [-0.05, 0) is 16.7 Å². The summed E-state index contributed by atoms with van der Waals surface area (Å²) in [6.07, 6.45) is 0. The predicted molar refractivity (Wildman–Crippen MR) is 111 cm³/mol. The van der Waals surface area contributed by atoms with Crippen molar-refractivity contribution in [3.05, 3.63) is 118 Å². The van der Waals surface area contributed by atoms with Gasteiger partial charge in [0.2, 0.25) is 5.89 Å². The largest absolute Gasteiger partial charge is 0.415 e. The minimum absolute atomic E-state index is 0.0763. The maximum atomic E-state index is 10.8. The van der Waals surface area contributed by atoms with Crippen LogP contribution in [0.25, 0.3) is 0 Å². The molecular weight excluding hydrogens is 386 g/mol. The molecule has 1 heterocycles. The number of benzene rings is 3. The molecule has 0 aliphatic rings. The van der Waals surface area contributed by atoms with Crippen molar-refractivity contribution in [1.29, 1.82) is 0 Å². The van der Waals surface area contributed by atoms with Crippen LogP contribution in [-0.4, -0.2) is 15.1 Å². The molecule has 0 radical (unpaired) electrons. The Labute approximate surface area is 171 Å². The third-order valence-electron chi connectivity index (χ3n) is 4.44. The van der Waals surface area contributed by atoms with E-state index in [1.54, 1.807) is 12.1 Å². The molecule has 3 aromatic carbocycles. The quantitative estimate of drug-likeness (QED) is 0.232. The molecule has 0 atom stereocenters. The van der Waals surface area contributed by atoms with E-state index in [0.29, 0.717) is 16.9 Å². The summed E-state index contributed by atoms with van der Waals surface area (Å²) in [6, 6.07) is 26.6. The first-order chi connectivity index (χ1) is 14.2. The fraction of sp³-hybridized carbons (Fsp3) is 0.0909. The molecule has 0 N–H and O–H groups in total. The van der Waals surface area contributed by atoms with Gasteiger partial charge in [-0.25, -0.2) is 0 Å². The first-order valence-corrected chi connectivity index (χ1v) is 9.98. The number of non-ortho nitro benzene ring substituents is 1. The van der Waals surface area contributed by atoms with Crippen molar-refractivity contribution in [3.63, 3.8) is 0 Å². The molecule has 0 fully saturated rings. The zero-order valence-electron chi connectivity index (χ0n) is 15.3. The van der Waals surface area contributed by atoms with Crippen molar-refractivity contribution >= 4 is 17.4 Å². The van der Waals surface area contributed by atoms with Gasteiger partial charge in [0.1, 0.15) is 0 Å². The van der Waals surface area contributed by atoms with Crippen LogP contribution in [0.2, 0.25) is 0 Å². The van der Waals surface area contributed by atoms with Crippen LogP contribution in [0.3, 0.4) is 0 Å². The predicted octanol–water partition coefficient (Wildman–Crippen LogP) is 5.45. The molecule has 0 aliphatic carbocycles. The SMILES string of the molecule is O=[N+]([O-])c1ccc(CSc2nnc(C(c3ccccc3)c3ccccc3)o2)cc1. The Hall–Kier alpha value is -3.45. The van der Waals surface area contributed by atoms with Gasteiger partial charge < -0.3 is 4.42 Å². The van der Waals surface area contributed by atoms with Crippen molar-refractivity contribution in [2.75, 3.05) is 0 Å². The van der Waals surface area contributed by atoms with Gasteiger partial charge in [0.15, 0.2) is 0 Å². The smallest absolute Gasteiger partial charge is 0.276 e. The molecule has 7 heteroatoms. The third-order valence-corrected chi connectivity index (χ3v) is 5.33. The Morgan fingerprint density at radius 1 is 0.862 bits per heavy atom. The maximum absolute atomic E-state index is 10.8. The number of nitro groups is 1. The number of nitro benzene ring substituents is 1. The Morgan fingerprint density at radius 3 is 2.00 bits per heavy atom. The van der Waals surface area contributed by atoms with Gasteiger partial charge in [0.25, 0.3) is 10.9 Å². The van der Waals surface area contributed by atoms with E-state index in [9.17, 15) is 10.1 Å². The number of aromatic nitrogens is 2. The van der Waals surface area contributed by atoms with Crippen molar-refractivity contribution in [1.82, 2.24) is 10.2 Å². The summed E-state index contributed by atoms with van der Waals surface area (Å²) in [7, 11) is 0. The number of thioether (sulfide) groups is 1. The topological polar surface area (TPSA) is 82.1 Å². The molecule has 1 aromatic heterocycles. The Bertz CT molecular complexity index is 1040. The fourth-order valence-electron chi connectivity index (χ4n) is 3.02. The Morgan fingerprint density at radius 2 is 1.45 bits per heavy atom. The van der Waals surface area contributed by atoms with Crippen LogP contribution in [0.4, 0.5) is 5.69 Å². The number of rotatable bonds is 7. The monoisotopic (exact) mass is 403 g/mol. The van der Waals surface area contributed by atoms with E-state index in [1.807, 2.05) is 60.7 Å². The van der Waals surface area contributed by atoms with Gasteiger partial charge in [-0.1, -0.05) is 84.6 Å². The molecule has 0 bridgehead atoms. The molecule has 4 rings (SSSR count). The fourth-order valence-corrected chi connectivity index (χ4v) is 3.75. The van der Waals surface area contributed by atoms with Gasteiger partial charge in [0, 0.05) is 17.9 Å². The molecule has 0 saturated carbocycles. The van der Waals surface area contributed by atoms with Crippen LogP contribution in [0.5, 0.6) is 0 Å². The minimum Gasteiger partial charge on any atom is -0.415 e. The van der Waals surface area contributed by atoms with Crippen molar-refractivity contribution < 1.29 is 9.34 Å². The van der Waals surface area contributed by atoms with Crippen molar-refractivity contribution in [2.45, 2.75) is 16.9 Å². The minimum atomic E-state index is -0.408. The molecule has 144 valence electrons. The summed E-state index contributed by atoms with van der Waals surface area (Å²) in [6.45, 7) is 0. The highest BCUT2D eigenvalue weighted by Gasteiger charge is 2.23. The van der Waals surface area contributed by atoms with E-state index in [0.717, 1.165) is 16.7 Å². The average molecular weight is 403 g/mol. The lowest BCUT2D eigenvalue weighted by molar-refractivity contribution is -0.384. The summed E-state index contributed by atoms with van der Waals surface area (Å²) in [5.74, 6) is 0.980. The zero-order chi connectivity index (χ0) is 20.1. The van der Waals surface area contributed by atoms with Gasteiger partial charge >= 0.3 is 0 Å². The molecule has 0 amide bonds. The molecule has 0 unspecified atom stereocenters. The lowest BCUT2D eigenvalue weighted by Gasteiger charge is -2.13. The van der Waals surface area contributed by atoms with Crippen LogP contribution in [0, 0.1) is 10.1 Å². The number of hydrogen-bond donors (Lipinski definition) is 0. The molecule has 0 saturated heterocycles. The van der Waals surface area contributed by atoms with Crippen LogP contribution < -0.4 is 0 Å². The molecular formula is C22H17N3O3S. The number of hydrogen-bond acceptors (Lipinski definition) is 6. The highest BCUT2D eigenvalue weighted by molar-refractivity contribution is 7.98. The Kier molecular flexibility index (Phi) is 5.67. The van der Waals surface area contributed by atoms with Gasteiger partial charge in [0.05, 0.1) is 10.8 Å². The highest BCUT2D eigenvalue weighted by atomic mass is 32.2. The number of nitrogens with zero attached hydrogens (tertiary/aromatic N) is 3. The molecule has 29 heavy (non-hydrogen) atoms. The van der Waals surface area contributed by atoms with Crippen molar-refractivity contribution in [3.8, 4) is 0 Å². The van der Waals surface area contributed by atoms with Gasteiger partial charge in [-0.15, -0.1) is 10.2 Å². The van der Waals surface area contributed by atoms with E-state index in [-0.39, 0.29) is 11.6 Å². The lowest BCUT2D eigenvalue weighted by atomic mass is 9.91. The standard InChI is InChI=1S/C22H17N3O3S/c26-25(27)19-13-11-16(12-14-19)15-29-22-24-23-21(28-22)20(17-7-3-1-4-8-17)18-9-5-2-6-10-18/h1-14,20H,15H2. The summed E-state index contributed by atoms with van der Waals surface area (Å²) in [5, 5.41) is 19.7. The van der Waals surface area contributed by atoms with E-state index in [4.69, 9.17) is 4.42 Å². The molecule has 0 spiro atoms. The molecule has 0 aliphatic heterocycles. The van der Waals surface area contributed by atoms with Crippen LogP contribution >= 0.6 is 11.8 Å². The normalized spacial score (nSPS) is 10.9. The summed E-state index contributed by atoms with van der Waals surface area (Å²) in [5.41, 5.74) is 3.18. The van der Waals surface area contributed by atoms with Gasteiger partial charge in [-0.3, -0.25) is 10.1 Å². The van der Waals surface area contributed by atoms with E-state index in [1.165, 1.54) is 23.9 Å². The average Bonchev–Trinajstić information content (AvgIpc) is 3.23. The molecule has 6 nitrogen and oxygen atoms in total.